The number of hydrazone groups is 1. The predicted octanol–water partition coefficient (Wildman–Crippen LogP) is 3.71. The van der Waals surface area contributed by atoms with E-state index in [1.54, 1.807) is 6.07 Å². The van der Waals surface area contributed by atoms with Crippen LogP contribution in [0.3, 0.4) is 0 Å². The summed E-state index contributed by atoms with van der Waals surface area (Å²) in [4.78, 5) is 11.9. The molecule has 3 rings (SSSR count). The molecule has 0 radical (unpaired) electrons. The highest BCUT2D eigenvalue weighted by Gasteiger charge is 2.05. The average molecular weight is 445 g/mol. The van der Waals surface area contributed by atoms with Crippen molar-refractivity contribution in [2.45, 2.75) is 0 Å². The molecule has 0 fully saturated rings. The number of phenolic OH excluding ortho intramolecular Hbond substituents is 1. The first kappa shape index (κ1) is 17.2. The second kappa shape index (κ2) is 7.98. The highest BCUT2D eigenvalue weighted by Crippen LogP contribution is 2.25. The largest absolute Gasteiger partial charge is 0.507 e. The summed E-state index contributed by atoms with van der Waals surface area (Å²) in [6, 6.07) is 18.9. The normalized spacial score (nSPS) is 10.9. The van der Waals surface area contributed by atoms with Crippen LogP contribution in [0.15, 0.2) is 65.8 Å². The monoisotopic (exact) mass is 445 g/mol. The van der Waals surface area contributed by atoms with E-state index in [-0.39, 0.29) is 18.2 Å². The predicted molar refractivity (Wildman–Crippen MR) is 109 cm³/mol. The van der Waals surface area contributed by atoms with E-state index in [1.807, 2.05) is 54.6 Å². The topological polar surface area (TPSA) is 73.7 Å². The Labute approximate surface area is 158 Å². The molecule has 1 amide bonds. The van der Waals surface area contributed by atoms with E-state index in [0.717, 1.165) is 20.0 Å². The highest BCUT2D eigenvalue weighted by molar-refractivity contribution is 14.1. The van der Waals surface area contributed by atoms with Crippen molar-refractivity contribution in [2.24, 2.45) is 5.10 Å². The first-order valence-corrected chi connectivity index (χ1v) is 8.73. The second-order valence-corrected chi connectivity index (χ2v) is 6.62. The van der Waals surface area contributed by atoms with Gasteiger partial charge in [0.25, 0.3) is 5.91 Å². The minimum atomic E-state index is -0.269. The van der Waals surface area contributed by atoms with E-state index >= 15 is 0 Å². The molecule has 0 atom stereocenters. The van der Waals surface area contributed by atoms with Gasteiger partial charge in [-0.25, -0.2) is 5.43 Å². The maximum atomic E-state index is 11.9. The third-order valence-corrected chi connectivity index (χ3v) is 4.35. The van der Waals surface area contributed by atoms with Crippen LogP contribution in [-0.4, -0.2) is 23.8 Å². The molecule has 0 unspecified atom stereocenters. The van der Waals surface area contributed by atoms with Gasteiger partial charge in [-0.15, -0.1) is 0 Å². The van der Waals surface area contributed by atoms with Crippen molar-refractivity contribution in [1.29, 1.82) is 0 Å². The van der Waals surface area contributed by atoms with Crippen molar-refractivity contribution < 1.29 is 9.90 Å². The van der Waals surface area contributed by atoms with E-state index in [4.69, 9.17) is 0 Å². The Kier molecular flexibility index (Phi) is 5.49. The number of fused-ring (bicyclic) bond motifs is 1. The number of halogens is 1. The summed E-state index contributed by atoms with van der Waals surface area (Å²) in [5, 5.41) is 18.9. The molecular weight excluding hydrogens is 429 g/mol. The van der Waals surface area contributed by atoms with Gasteiger partial charge in [-0.2, -0.15) is 5.10 Å². The van der Waals surface area contributed by atoms with Crippen molar-refractivity contribution in [2.75, 3.05) is 11.9 Å². The molecule has 25 heavy (non-hydrogen) atoms. The maximum absolute atomic E-state index is 11.9. The molecule has 3 aromatic rings. The molecule has 3 N–H and O–H groups in total. The lowest BCUT2D eigenvalue weighted by molar-refractivity contribution is -0.119. The number of hydrogen-bond acceptors (Lipinski definition) is 4. The van der Waals surface area contributed by atoms with Gasteiger partial charge >= 0.3 is 0 Å². The summed E-state index contributed by atoms with van der Waals surface area (Å²) in [6.45, 7) is 0.111. The third-order valence-electron chi connectivity index (χ3n) is 3.63. The fraction of sp³-hybridized carbons (Fsp3) is 0.0526. The van der Waals surface area contributed by atoms with Gasteiger partial charge in [-0.1, -0.05) is 30.3 Å². The van der Waals surface area contributed by atoms with Crippen LogP contribution in [0.25, 0.3) is 10.8 Å². The fourth-order valence-corrected chi connectivity index (χ4v) is 2.74. The number of rotatable bonds is 5. The summed E-state index contributed by atoms with van der Waals surface area (Å²) >= 11 is 2.22. The molecule has 0 aliphatic heterocycles. The average Bonchev–Trinajstić information content (AvgIpc) is 2.63. The minimum absolute atomic E-state index is 0.111. The van der Waals surface area contributed by atoms with Crippen molar-refractivity contribution in [1.82, 2.24) is 5.43 Å². The van der Waals surface area contributed by atoms with Gasteiger partial charge in [0.2, 0.25) is 0 Å². The maximum Gasteiger partial charge on any atom is 0.259 e. The van der Waals surface area contributed by atoms with Gasteiger partial charge < -0.3 is 10.4 Å². The second-order valence-electron chi connectivity index (χ2n) is 5.37. The van der Waals surface area contributed by atoms with Crippen molar-refractivity contribution in [3.8, 4) is 5.75 Å². The quantitative estimate of drug-likeness (QED) is 0.319. The Morgan fingerprint density at radius 3 is 2.64 bits per heavy atom. The standard InChI is InChI=1S/C19H16IN3O2/c20-14-6-8-15(9-7-14)21-12-19(25)23-22-11-17-16-4-2-1-3-13(16)5-10-18(17)24/h1-11,21,24H,12H2,(H,23,25)/b22-11+. The van der Waals surface area contributed by atoms with Crippen molar-refractivity contribution >= 4 is 51.2 Å². The Morgan fingerprint density at radius 2 is 1.84 bits per heavy atom. The van der Waals surface area contributed by atoms with E-state index in [2.05, 4.69) is 38.4 Å². The van der Waals surface area contributed by atoms with Crippen LogP contribution in [0.4, 0.5) is 5.69 Å². The van der Waals surface area contributed by atoms with E-state index < -0.39 is 0 Å². The molecule has 126 valence electrons. The molecule has 0 aliphatic carbocycles. The van der Waals surface area contributed by atoms with Gasteiger partial charge in [0, 0.05) is 14.8 Å². The molecule has 0 aliphatic rings. The van der Waals surface area contributed by atoms with Crippen LogP contribution in [-0.2, 0) is 4.79 Å². The Bertz CT molecular complexity index is 924. The Hall–Kier alpha value is -2.61. The number of nitrogens with zero attached hydrogens (tertiary/aromatic N) is 1. The number of aromatic hydroxyl groups is 1. The minimum Gasteiger partial charge on any atom is -0.507 e. The summed E-state index contributed by atoms with van der Waals surface area (Å²) in [6.07, 6.45) is 1.46. The molecule has 0 aromatic heterocycles. The lowest BCUT2D eigenvalue weighted by Crippen LogP contribution is -2.25. The number of hydrogen-bond donors (Lipinski definition) is 3. The SMILES string of the molecule is O=C(CNc1ccc(I)cc1)N/N=C/c1c(O)ccc2ccccc12. The molecular formula is C19H16IN3O2. The van der Waals surface area contributed by atoms with Crippen LogP contribution in [0.1, 0.15) is 5.56 Å². The number of nitrogens with one attached hydrogen (secondary N) is 2. The van der Waals surface area contributed by atoms with E-state index in [9.17, 15) is 9.90 Å². The van der Waals surface area contributed by atoms with Crippen molar-refractivity contribution in [3.05, 3.63) is 69.8 Å². The van der Waals surface area contributed by atoms with E-state index in [1.165, 1.54) is 6.21 Å². The van der Waals surface area contributed by atoms with Crippen LogP contribution in [0.5, 0.6) is 5.75 Å². The lowest BCUT2D eigenvalue weighted by atomic mass is 10.0. The van der Waals surface area contributed by atoms with Gasteiger partial charge in [-0.3, -0.25) is 4.79 Å². The summed E-state index contributed by atoms with van der Waals surface area (Å²) in [5.41, 5.74) is 3.90. The number of anilines is 1. The Morgan fingerprint density at radius 1 is 1.08 bits per heavy atom. The summed E-state index contributed by atoms with van der Waals surface area (Å²) in [5.74, 6) is -0.150. The molecule has 0 saturated heterocycles. The number of carbonyl (C=O) groups excluding carboxylic acids is 1. The molecule has 5 nitrogen and oxygen atoms in total. The zero-order valence-corrected chi connectivity index (χ0v) is 15.4. The molecule has 0 saturated carbocycles. The first-order valence-electron chi connectivity index (χ1n) is 7.65. The fourth-order valence-electron chi connectivity index (χ4n) is 2.38. The van der Waals surface area contributed by atoms with E-state index in [0.29, 0.717) is 5.56 Å². The highest BCUT2D eigenvalue weighted by atomic mass is 127. The van der Waals surface area contributed by atoms with Gasteiger partial charge in [-0.05, 0) is 63.7 Å². The smallest absolute Gasteiger partial charge is 0.259 e. The molecule has 3 aromatic carbocycles. The molecule has 0 spiro atoms. The molecule has 0 heterocycles. The Balaban J connectivity index is 1.62. The van der Waals surface area contributed by atoms with Gasteiger partial charge in [0.05, 0.1) is 12.8 Å². The van der Waals surface area contributed by atoms with Crippen LogP contribution in [0, 0.1) is 3.57 Å². The first-order chi connectivity index (χ1) is 12.1. The number of phenols is 1. The number of benzene rings is 3. The lowest BCUT2D eigenvalue weighted by Gasteiger charge is -2.06. The zero-order chi connectivity index (χ0) is 17.6. The zero-order valence-electron chi connectivity index (χ0n) is 13.2. The molecule has 0 bridgehead atoms. The van der Waals surface area contributed by atoms with Gasteiger partial charge in [0.15, 0.2) is 0 Å². The summed E-state index contributed by atoms with van der Waals surface area (Å²) in [7, 11) is 0. The van der Waals surface area contributed by atoms with Crippen LogP contribution >= 0.6 is 22.6 Å². The van der Waals surface area contributed by atoms with Crippen LogP contribution in [0.2, 0.25) is 0 Å². The number of amides is 1. The van der Waals surface area contributed by atoms with Gasteiger partial charge in [0.1, 0.15) is 5.75 Å². The van der Waals surface area contributed by atoms with Crippen LogP contribution < -0.4 is 10.7 Å². The number of carbonyl (C=O) groups is 1. The third kappa shape index (κ3) is 4.48. The van der Waals surface area contributed by atoms with Crippen molar-refractivity contribution in [3.63, 3.8) is 0 Å². The summed E-state index contributed by atoms with van der Waals surface area (Å²) < 4.78 is 1.13. The molecule has 6 heteroatoms.